The Morgan fingerprint density at radius 3 is 2.50 bits per heavy atom. The monoisotopic (exact) mass is 232 g/mol. The van der Waals surface area contributed by atoms with Gasteiger partial charge in [-0.1, -0.05) is 55.7 Å². The minimum absolute atomic E-state index is 0.899. The van der Waals surface area contributed by atoms with Crippen LogP contribution in [0.4, 0.5) is 0 Å². The molecule has 0 bridgehead atoms. The maximum absolute atomic E-state index is 5.17. The van der Waals surface area contributed by atoms with Gasteiger partial charge in [-0.25, -0.2) is 0 Å². The molecule has 16 heavy (non-hydrogen) atoms. The molecule has 0 aliphatic rings. The zero-order valence-electron chi connectivity index (χ0n) is 10.5. The average Bonchev–Trinajstić information content (AvgIpc) is 2.23. The molecule has 0 aliphatic carbocycles. The molecule has 86 valence electrons. The van der Waals surface area contributed by atoms with Crippen LogP contribution in [0.2, 0.25) is 19.6 Å². The Balaban J connectivity index is 2.66. The Bertz CT molecular complexity index is 386. The summed E-state index contributed by atoms with van der Waals surface area (Å²) < 4.78 is 5.17. The Hall–Kier alpha value is -1.28. The minimum atomic E-state index is -1.07. The second kappa shape index (κ2) is 5.71. The topological polar surface area (TPSA) is 9.23 Å². The van der Waals surface area contributed by atoms with Gasteiger partial charge in [-0.05, 0) is 17.7 Å². The zero-order valence-corrected chi connectivity index (χ0v) is 11.5. The Labute approximate surface area is 99.5 Å². The molecule has 1 nitrogen and oxygen atoms in total. The predicted molar refractivity (Wildman–Crippen MR) is 74.5 cm³/mol. The van der Waals surface area contributed by atoms with Gasteiger partial charge in [0.25, 0.3) is 0 Å². The molecule has 0 radical (unpaired) electrons. The van der Waals surface area contributed by atoms with Crippen LogP contribution < -0.4 is 4.74 Å². The van der Waals surface area contributed by atoms with E-state index in [0.29, 0.717) is 0 Å². The van der Waals surface area contributed by atoms with Gasteiger partial charge in [0.05, 0.1) is 15.2 Å². The largest absolute Gasteiger partial charge is 0.497 e. The van der Waals surface area contributed by atoms with Gasteiger partial charge in [-0.2, -0.15) is 0 Å². The van der Waals surface area contributed by atoms with Crippen molar-refractivity contribution in [2.24, 2.45) is 0 Å². The molecule has 0 atom stereocenters. The van der Waals surface area contributed by atoms with Crippen LogP contribution in [-0.4, -0.2) is 15.2 Å². The van der Waals surface area contributed by atoms with Gasteiger partial charge in [-0.3, -0.25) is 0 Å². The lowest BCUT2D eigenvalue weighted by Gasteiger charge is -2.06. The number of hydrogen-bond acceptors (Lipinski definition) is 1. The van der Waals surface area contributed by atoms with Gasteiger partial charge >= 0.3 is 0 Å². The first-order valence-electron chi connectivity index (χ1n) is 5.51. The van der Waals surface area contributed by atoms with Crippen LogP contribution in [0.3, 0.4) is 0 Å². The first-order valence-corrected chi connectivity index (χ1v) is 9.09. The highest BCUT2D eigenvalue weighted by atomic mass is 28.3. The van der Waals surface area contributed by atoms with E-state index >= 15 is 0 Å². The van der Waals surface area contributed by atoms with Crippen molar-refractivity contribution in [2.75, 3.05) is 7.11 Å². The fourth-order valence-corrected chi connectivity index (χ4v) is 1.94. The summed E-state index contributed by atoms with van der Waals surface area (Å²) in [5, 5.41) is 0. The van der Waals surface area contributed by atoms with E-state index in [-0.39, 0.29) is 0 Å². The van der Waals surface area contributed by atoms with E-state index in [1.165, 1.54) is 5.56 Å². The van der Waals surface area contributed by atoms with E-state index in [0.717, 1.165) is 5.75 Å². The van der Waals surface area contributed by atoms with Crippen molar-refractivity contribution < 1.29 is 4.74 Å². The molecule has 0 fully saturated rings. The molecule has 0 saturated carbocycles. The molecule has 0 aliphatic heterocycles. The van der Waals surface area contributed by atoms with Gasteiger partial charge in [-0.15, -0.1) is 0 Å². The Morgan fingerprint density at radius 2 is 1.88 bits per heavy atom. The van der Waals surface area contributed by atoms with Crippen LogP contribution in [-0.2, 0) is 0 Å². The second-order valence-corrected chi connectivity index (χ2v) is 9.93. The van der Waals surface area contributed by atoms with Gasteiger partial charge < -0.3 is 4.74 Å². The van der Waals surface area contributed by atoms with E-state index in [1.54, 1.807) is 7.11 Å². The highest BCUT2D eigenvalue weighted by Crippen LogP contribution is 2.13. The molecule has 0 unspecified atom stereocenters. The number of ether oxygens (including phenoxy) is 1. The van der Waals surface area contributed by atoms with Crippen LogP contribution in [0.1, 0.15) is 5.56 Å². The van der Waals surface area contributed by atoms with Gasteiger partial charge in [0, 0.05) is 0 Å². The summed E-state index contributed by atoms with van der Waals surface area (Å²) in [5.41, 5.74) is 3.49. The van der Waals surface area contributed by atoms with E-state index in [9.17, 15) is 0 Å². The quantitative estimate of drug-likeness (QED) is 0.560. The molecule has 2 heteroatoms. The van der Waals surface area contributed by atoms with Crippen molar-refractivity contribution in [3.8, 4) is 5.75 Å². The summed E-state index contributed by atoms with van der Waals surface area (Å²) in [6.45, 7) is 6.97. The van der Waals surface area contributed by atoms with Gasteiger partial charge in [0.1, 0.15) is 5.75 Å². The van der Waals surface area contributed by atoms with Crippen molar-refractivity contribution >= 4 is 14.1 Å². The second-order valence-electron chi connectivity index (χ2n) is 4.86. The third-order valence-electron chi connectivity index (χ3n) is 2.09. The third-order valence-corrected chi connectivity index (χ3v) is 3.28. The summed E-state index contributed by atoms with van der Waals surface area (Å²) in [7, 11) is 0.619. The Kier molecular flexibility index (Phi) is 4.56. The van der Waals surface area contributed by atoms with Crippen molar-refractivity contribution in [1.82, 2.24) is 0 Å². The molecule has 1 aromatic rings. The minimum Gasteiger partial charge on any atom is -0.497 e. The molecule has 0 aromatic heterocycles. The predicted octanol–water partition coefficient (Wildman–Crippen LogP) is 4.14. The number of allylic oxidation sites excluding steroid dienone is 2. The van der Waals surface area contributed by atoms with Crippen molar-refractivity contribution in [1.29, 1.82) is 0 Å². The van der Waals surface area contributed by atoms with Crippen molar-refractivity contribution in [3.05, 3.63) is 47.7 Å². The molecule has 1 rings (SSSR count). The lowest BCUT2D eigenvalue weighted by Crippen LogP contribution is -2.14. The molecule has 0 amide bonds. The first kappa shape index (κ1) is 12.8. The van der Waals surface area contributed by atoms with Gasteiger partial charge in [0.15, 0.2) is 0 Å². The number of rotatable bonds is 4. The SMILES string of the molecule is COc1cccc(/C=C/C=C/[Si](C)(C)C)c1. The molecule has 0 spiro atoms. The highest BCUT2D eigenvalue weighted by molar-refractivity contribution is 6.81. The number of hydrogen-bond donors (Lipinski definition) is 0. The molecular weight excluding hydrogens is 212 g/mol. The fraction of sp³-hybridized carbons (Fsp3) is 0.286. The van der Waals surface area contributed by atoms with Crippen LogP contribution in [0.25, 0.3) is 6.08 Å². The van der Waals surface area contributed by atoms with E-state index in [1.807, 2.05) is 18.2 Å². The maximum Gasteiger partial charge on any atom is 0.119 e. The molecule has 0 saturated heterocycles. The molecule has 1 aromatic carbocycles. The molecular formula is C14H20OSi. The number of benzene rings is 1. The highest BCUT2D eigenvalue weighted by Gasteiger charge is 2.05. The summed E-state index contributed by atoms with van der Waals surface area (Å²) in [5.74, 6) is 0.899. The van der Waals surface area contributed by atoms with E-state index in [4.69, 9.17) is 4.74 Å². The zero-order chi connectivity index (χ0) is 12.0. The standard InChI is InChI=1S/C14H20OSi/c1-15-14-10-7-9-13(12-14)8-5-6-11-16(2,3)4/h5-12H,1-4H3/b8-5+,11-6+. The van der Waals surface area contributed by atoms with Crippen LogP contribution >= 0.6 is 0 Å². The van der Waals surface area contributed by atoms with Crippen LogP contribution in [0.15, 0.2) is 42.1 Å². The molecule has 0 N–H and O–H groups in total. The van der Waals surface area contributed by atoms with E-state index in [2.05, 4.69) is 49.6 Å². The van der Waals surface area contributed by atoms with Gasteiger partial charge in [0.2, 0.25) is 0 Å². The summed E-state index contributed by atoms with van der Waals surface area (Å²) in [6.07, 6.45) is 6.33. The normalized spacial score (nSPS) is 12.5. The molecule has 0 heterocycles. The van der Waals surface area contributed by atoms with Crippen molar-refractivity contribution in [2.45, 2.75) is 19.6 Å². The third kappa shape index (κ3) is 4.98. The van der Waals surface area contributed by atoms with Crippen LogP contribution in [0, 0.1) is 0 Å². The maximum atomic E-state index is 5.17. The lowest BCUT2D eigenvalue weighted by atomic mass is 10.2. The average molecular weight is 232 g/mol. The fourth-order valence-electron chi connectivity index (χ4n) is 1.26. The summed E-state index contributed by atoms with van der Waals surface area (Å²) in [4.78, 5) is 0. The van der Waals surface area contributed by atoms with Crippen LogP contribution in [0.5, 0.6) is 5.75 Å². The van der Waals surface area contributed by atoms with Crippen molar-refractivity contribution in [3.63, 3.8) is 0 Å². The first-order chi connectivity index (χ1) is 7.51. The smallest absolute Gasteiger partial charge is 0.119 e. The Morgan fingerprint density at radius 1 is 1.12 bits per heavy atom. The number of methoxy groups -OCH3 is 1. The summed E-state index contributed by atoms with van der Waals surface area (Å²) >= 11 is 0. The summed E-state index contributed by atoms with van der Waals surface area (Å²) in [6, 6.07) is 8.05. The van der Waals surface area contributed by atoms with E-state index < -0.39 is 8.07 Å². The lowest BCUT2D eigenvalue weighted by molar-refractivity contribution is 0.414.